The van der Waals surface area contributed by atoms with E-state index in [1.807, 2.05) is 0 Å². The number of benzene rings is 6. The van der Waals surface area contributed by atoms with Gasteiger partial charge in [-0.05, 0) is 5.19 Å². The Morgan fingerprint density at radius 1 is 0.395 bits per heavy atom. The van der Waals surface area contributed by atoms with E-state index in [0.717, 1.165) is 0 Å². The Labute approximate surface area is 263 Å². The predicted molar refractivity (Wildman–Crippen MR) is 200 cm³/mol. The minimum Gasteiger partial charge on any atom is -0.433 e. The summed E-state index contributed by atoms with van der Waals surface area (Å²) in [5.41, 5.74) is 0. The molecule has 0 aliphatic carbocycles. The molecule has 2 atom stereocenters. The maximum atomic E-state index is 14.2. The van der Waals surface area contributed by atoms with Crippen LogP contribution in [0.2, 0.25) is 0 Å². The Hall–Kier alpha value is -3.42. The molecule has 0 radical (unpaired) electrons. The zero-order chi connectivity index (χ0) is 29.2. The fraction of sp³-hybridized carbons (Fsp3) is 0. The zero-order valence-electron chi connectivity index (χ0n) is 24.3. The van der Waals surface area contributed by atoms with Crippen LogP contribution < -0.4 is 31.1 Å². The van der Waals surface area contributed by atoms with Gasteiger partial charge in [0.2, 0.25) is 0 Å². The molecule has 6 aromatic rings. The number of hydrogen-bond donors (Lipinski definition) is 1. The van der Waals surface area contributed by atoms with Gasteiger partial charge in [0, 0.05) is 17.1 Å². The number of rotatable bonds is 6. The van der Waals surface area contributed by atoms with Gasteiger partial charge in [0.05, 0.1) is 7.83 Å². The Morgan fingerprint density at radius 3 is 1.12 bits per heavy atom. The van der Waals surface area contributed by atoms with Gasteiger partial charge in [-0.1, -0.05) is 208 Å². The van der Waals surface area contributed by atoms with E-state index in [0.29, 0.717) is 0 Å². The second kappa shape index (κ2) is 11.9. The lowest BCUT2D eigenvalue weighted by atomic mass is 10.4. The zero-order valence-corrected chi connectivity index (χ0v) is 31.2. The van der Waals surface area contributed by atoms with Gasteiger partial charge in [0.1, 0.15) is 14.2 Å². The van der Waals surface area contributed by atoms with Crippen molar-refractivity contribution in [3.63, 3.8) is 0 Å². The summed E-state index contributed by atoms with van der Waals surface area (Å²) in [5.74, 6) is 0. The Morgan fingerprint density at radius 2 is 0.721 bits per heavy atom. The van der Waals surface area contributed by atoms with Gasteiger partial charge < -0.3 is 4.80 Å². The molecular weight excluding hydrogens is 617 g/mol. The van der Waals surface area contributed by atoms with Crippen molar-refractivity contribution in [3.8, 4) is 0 Å². The summed E-state index contributed by atoms with van der Waals surface area (Å²) in [5, 5.41) is 8.92. The van der Waals surface area contributed by atoms with E-state index in [4.69, 9.17) is 0 Å². The van der Waals surface area contributed by atoms with Crippen molar-refractivity contribution < 1.29 is 4.80 Å². The fourth-order valence-electron chi connectivity index (χ4n) is 8.40. The first kappa shape index (κ1) is 28.4. The third-order valence-electron chi connectivity index (χ3n) is 9.85. The first-order valence-electron chi connectivity index (χ1n) is 15.3. The largest absolute Gasteiger partial charge is 0.433 e. The van der Waals surface area contributed by atoms with Crippen LogP contribution in [0, 0.1) is 0 Å². The van der Waals surface area contributed by atoms with Gasteiger partial charge in [-0.3, -0.25) is 0 Å². The Kier molecular flexibility index (Phi) is 7.87. The van der Waals surface area contributed by atoms with E-state index in [9.17, 15) is 4.80 Å². The molecule has 0 amide bonds. The van der Waals surface area contributed by atoms with Gasteiger partial charge in [0.15, 0.2) is 7.35 Å². The van der Waals surface area contributed by atoms with Crippen molar-refractivity contribution in [2.45, 2.75) is 0 Å². The summed E-state index contributed by atoms with van der Waals surface area (Å²) >= 11 is 0. The quantitative estimate of drug-likeness (QED) is 0.266. The van der Waals surface area contributed by atoms with Crippen molar-refractivity contribution in [1.29, 1.82) is 0 Å². The van der Waals surface area contributed by atoms with Crippen LogP contribution in [0.25, 0.3) is 0 Å². The second-order valence-electron chi connectivity index (χ2n) is 11.8. The van der Waals surface area contributed by atoms with Crippen LogP contribution in [-0.2, 0) is 0 Å². The lowest BCUT2D eigenvalue weighted by Gasteiger charge is -2.62. The van der Waals surface area contributed by atoms with Crippen LogP contribution in [0.3, 0.4) is 0 Å². The van der Waals surface area contributed by atoms with Gasteiger partial charge in [-0.25, -0.2) is 0 Å². The van der Waals surface area contributed by atoms with Gasteiger partial charge in [-0.15, -0.1) is 0 Å². The van der Waals surface area contributed by atoms with Crippen LogP contribution in [0.15, 0.2) is 182 Å². The van der Waals surface area contributed by atoms with Crippen molar-refractivity contribution >= 4 is 77.6 Å². The summed E-state index contributed by atoms with van der Waals surface area (Å²) in [6, 6.07) is 69.1. The van der Waals surface area contributed by atoms with E-state index in [2.05, 4.69) is 182 Å². The average molecular weight is 653 g/mol. The normalized spacial score (nSPS) is 21.8. The highest BCUT2D eigenvalue weighted by molar-refractivity contribution is 8.10. The Balaban J connectivity index is 1.77. The second-order valence-corrected chi connectivity index (χ2v) is 62.6. The molecule has 1 fully saturated rings. The van der Waals surface area contributed by atoms with Crippen molar-refractivity contribution in [3.05, 3.63) is 182 Å². The van der Waals surface area contributed by atoms with E-state index < -0.39 is 46.5 Å². The van der Waals surface area contributed by atoms with E-state index in [-0.39, 0.29) is 0 Å². The van der Waals surface area contributed by atoms with Gasteiger partial charge in [0.25, 0.3) is 0 Å². The molecule has 1 aliphatic rings. The summed E-state index contributed by atoms with van der Waals surface area (Å²) < 4.78 is 0. The standard InChI is InChI=1S/C36H36OSi6/c37-43(36-29-17-6-18-30-36)39-38-40(31-19-7-1-8-20-31)41(32-21-9-2-10-22-32,33-23-11-3-12-24-33)42(43,34-25-13-4-14-26-34)35-27-15-5-16-28-35/h1-30,37,40H,38-39H2. The Bertz CT molecular complexity index is 1700. The van der Waals surface area contributed by atoms with Crippen molar-refractivity contribution in [2.24, 2.45) is 0 Å². The minimum atomic E-state index is -3.01. The molecule has 1 heterocycles. The molecule has 1 nitrogen and oxygen atoms in total. The summed E-state index contributed by atoms with van der Waals surface area (Å²) in [6.07, 6.45) is 0. The van der Waals surface area contributed by atoms with Crippen LogP contribution in [0.5, 0.6) is 0 Å². The SMILES string of the molecule is O[Si]1(c2ccccc2)[SiH2][SiH2][SiH](c2ccccc2)[Si](c2ccccc2)(c2ccccc2)[Si]1(c1ccccc1)c1ccccc1. The first-order valence-corrected chi connectivity index (χ1v) is 35.2. The van der Waals surface area contributed by atoms with Gasteiger partial charge in [-0.2, -0.15) is 0 Å². The molecule has 0 saturated carbocycles. The third-order valence-corrected chi connectivity index (χ3v) is 120. The lowest BCUT2D eigenvalue weighted by Crippen LogP contribution is -3.06. The van der Waals surface area contributed by atoms with Crippen LogP contribution in [-0.4, -0.2) is 51.3 Å². The van der Waals surface area contributed by atoms with E-state index in [1.54, 1.807) is 15.6 Å². The molecule has 1 N–H and O–H groups in total. The maximum absolute atomic E-state index is 14.2. The molecule has 7 heteroatoms. The molecular formula is C36H36OSi6. The highest BCUT2D eigenvalue weighted by atomic mass is 30.2. The van der Waals surface area contributed by atoms with Crippen LogP contribution in [0.4, 0.5) is 0 Å². The minimum absolute atomic E-state index is 0.508. The first-order chi connectivity index (χ1) is 21.2. The molecule has 0 bridgehead atoms. The molecule has 0 aromatic heterocycles. The highest BCUT2D eigenvalue weighted by Gasteiger charge is 2.75. The van der Waals surface area contributed by atoms with Crippen molar-refractivity contribution in [1.82, 2.24) is 0 Å². The lowest BCUT2D eigenvalue weighted by molar-refractivity contribution is 0.595. The number of hydrogen-bond acceptors (Lipinski definition) is 1. The predicted octanol–water partition coefficient (Wildman–Crippen LogP) is 0.987. The molecule has 1 aliphatic heterocycles. The summed E-state index contributed by atoms with van der Waals surface area (Å²) in [4.78, 5) is 14.2. The highest BCUT2D eigenvalue weighted by Crippen LogP contribution is 2.33. The molecule has 1 saturated heterocycles. The van der Waals surface area contributed by atoms with E-state index >= 15 is 0 Å². The van der Waals surface area contributed by atoms with Crippen LogP contribution >= 0.6 is 0 Å². The fourth-order valence-corrected chi connectivity index (χ4v) is 221. The van der Waals surface area contributed by atoms with E-state index in [1.165, 1.54) is 15.6 Å². The average Bonchev–Trinajstić information content (AvgIpc) is 3.10. The monoisotopic (exact) mass is 652 g/mol. The van der Waals surface area contributed by atoms with Gasteiger partial charge >= 0.3 is 0 Å². The van der Waals surface area contributed by atoms with Crippen molar-refractivity contribution in [2.75, 3.05) is 0 Å². The molecule has 6 aromatic carbocycles. The summed E-state index contributed by atoms with van der Waals surface area (Å²) in [6.45, 7) is 0. The third kappa shape index (κ3) is 4.38. The topological polar surface area (TPSA) is 20.2 Å². The molecule has 7 rings (SSSR count). The molecule has 43 heavy (non-hydrogen) atoms. The van der Waals surface area contributed by atoms with Crippen LogP contribution in [0.1, 0.15) is 0 Å². The maximum Gasteiger partial charge on any atom is 0.191 e. The molecule has 0 spiro atoms. The summed E-state index contributed by atoms with van der Waals surface area (Å²) in [7, 11) is -11.5. The molecule has 2 unspecified atom stereocenters. The smallest absolute Gasteiger partial charge is 0.191 e. The molecule has 210 valence electrons.